The largest absolute Gasteiger partial charge is 0.503 e. The van der Waals surface area contributed by atoms with Gasteiger partial charge in [0, 0.05) is 16.7 Å². The Bertz CT molecular complexity index is 1470. The number of hydrogen-bond acceptors (Lipinski definition) is 4. The van der Waals surface area contributed by atoms with Crippen LogP contribution in [0.25, 0.3) is 0 Å². The maximum absolute atomic E-state index is 14.2. The maximum Gasteiger partial charge on any atom is 0.204 e. The van der Waals surface area contributed by atoms with E-state index in [9.17, 15) is 44.7 Å². The van der Waals surface area contributed by atoms with Gasteiger partial charge in [0.2, 0.25) is 11.6 Å². The van der Waals surface area contributed by atoms with Crippen LogP contribution in [0.2, 0.25) is 0 Å². The molecule has 0 spiro atoms. The van der Waals surface area contributed by atoms with Gasteiger partial charge in [-0.2, -0.15) is 8.78 Å². The fourth-order valence-corrected chi connectivity index (χ4v) is 3.53. The summed E-state index contributed by atoms with van der Waals surface area (Å²) in [6.45, 7) is 0.809. The third kappa shape index (κ3) is 4.69. The minimum atomic E-state index is -2.14. The molecule has 0 aliphatic heterocycles. The van der Waals surface area contributed by atoms with Crippen molar-refractivity contribution in [2.45, 2.75) is 6.92 Å². The van der Waals surface area contributed by atoms with E-state index in [-0.39, 0.29) is 17.1 Å². The molecular weight excluding hydrogens is 540 g/mol. The van der Waals surface area contributed by atoms with Gasteiger partial charge in [0.15, 0.2) is 52.2 Å². The van der Waals surface area contributed by atoms with Crippen molar-refractivity contribution in [3.8, 4) is 17.2 Å². The van der Waals surface area contributed by atoms with Crippen molar-refractivity contribution < 1.29 is 54.6 Å². The second kappa shape index (κ2) is 10.2. The summed E-state index contributed by atoms with van der Waals surface area (Å²) in [7, 11) is 0. The van der Waals surface area contributed by atoms with Crippen LogP contribution >= 0.6 is 0 Å². The van der Waals surface area contributed by atoms with Gasteiger partial charge in [-0.15, -0.1) is 0 Å². The lowest BCUT2D eigenvalue weighted by molar-refractivity contribution is 0.102. The van der Waals surface area contributed by atoms with Crippen LogP contribution in [0.1, 0.15) is 37.4 Å². The monoisotopic (exact) mass is 552 g/mol. The molecule has 39 heavy (non-hydrogen) atoms. The van der Waals surface area contributed by atoms with Crippen LogP contribution in [-0.2, 0) is 0 Å². The quantitative estimate of drug-likeness (QED) is 0.158. The van der Waals surface area contributed by atoms with Gasteiger partial charge in [-0.1, -0.05) is 0 Å². The van der Waals surface area contributed by atoms with Crippen LogP contribution in [0.5, 0.6) is 17.2 Å². The average Bonchev–Trinajstić information content (AvgIpc) is 2.93. The van der Waals surface area contributed by atoms with Crippen LogP contribution in [0, 0.1) is 53.5 Å². The molecule has 0 aromatic heterocycles. The molecular formula is C27H12F8O4. The molecule has 0 radical (unpaired) electrons. The Balaban J connectivity index is 1.54. The van der Waals surface area contributed by atoms with Gasteiger partial charge in [0.1, 0.15) is 22.6 Å². The normalized spacial score (nSPS) is 11.0. The number of carbonyl (C=O) groups is 2. The zero-order chi connectivity index (χ0) is 28.8. The Hall–Kier alpha value is -4.74. The lowest BCUT2D eigenvalue weighted by Gasteiger charge is -2.10. The van der Waals surface area contributed by atoms with Gasteiger partial charge in [-0.05, 0) is 55.5 Å². The summed E-state index contributed by atoms with van der Waals surface area (Å²) in [4.78, 5) is 24.9. The van der Waals surface area contributed by atoms with E-state index < -0.39 is 86.1 Å². The van der Waals surface area contributed by atoms with Crippen LogP contribution in [0.3, 0.4) is 0 Å². The van der Waals surface area contributed by atoms with Gasteiger partial charge < -0.3 is 9.84 Å². The van der Waals surface area contributed by atoms with Crippen molar-refractivity contribution in [2.24, 2.45) is 0 Å². The fourth-order valence-electron chi connectivity index (χ4n) is 3.53. The smallest absolute Gasteiger partial charge is 0.204 e. The molecule has 0 amide bonds. The minimum absolute atomic E-state index is 0.0365. The molecule has 0 heterocycles. The van der Waals surface area contributed by atoms with Crippen molar-refractivity contribution in [3.63, 3.8) is 0 Å². The first-order chi connectivity index (χ1) is 18.3. The second-order valence-electron chi connectivity index (χ2n) is 8.04. The number of ether oxygens (including phenoxy) is 1. The molecule has 4 rings (SSSR count). The molecule has 0 saturated carbocycles. The summed E-state index contributed by atoms with van der Waals surface area (Å²) in [5, 5.41) is 9.04. The molecule has 0 bridgehead atoms. The number of phenolic OH excluding ortho intramolecular Hbond substituents is 1. The Kier molecular flexibility index (Phi) is 7.14. The first kappa shape index (κ1) is 27.3. The molecule has 0 atom stereocenters. The van der Waals surface area contributed by atoms with Crippen LogP contribution in [-0.4, -0.2) is 16.7 Å². The second-order valence-corrected chi connectivity index (χ2v) is 8.04. The maximum atomic E-state index is 14.2. The molecule has 4 aromatic rings. The van der Waals surface area contributed by atoms with E-state index >= 15 is 0 Å². The predicted molar refractivity (Wildman–Crippen MR) is 119 cm³/mol. The van der Waals surface area contributed by atoms with Crippen LogP contribution in [0.4, 0.5) is 35.1 Å². The highest BCUT2D eigenvalue weighted by atomic mass is 19.2. The van der Waals surface area contributed by atoms with Crippen molar-refractivity contribution in [1.29, 1.82) is 0 Å². The SMILES string of the molecule is Cc1c(F)c(F)c(C(=O)c2ccc(Oc3ccc(C(=O)c4c(F)c(F)c(O)c(F)c4F)cc3)cc2)c(F)c1F. The molecule has 12 heteroatoms. The molecule has 4 nitrogen and oxygen atoms in total. The molecule has 0 saturated heterocycles. The molecule has 0 fully saturated rings. The van der Waals surface area contributed by atoms with E-state index in [0.29, 0.717) is 0 Å². The van der Waals surface area contributed by atoms with E-state index in [1.54, 1.807) is 0 Å². The van der Waals surface area contributed by atoms with Crippen molar-refractivity contribution in [3.05, 3.63) is 123 Å². The van der Waals surface area contributed by atoms with Gasteiger partial charge in [-0.3, -0.25) is 9.59 Å². The zero-order valence-corrected chi connectivity index (χ0v) is 19.3. The highest BCUT2D eigenvalue weighted by Crippen LogP contribution is 2.31. The Labute approximate surface area is 213 Å². The fraction of sp³-hybridized carbons (Fsp3) is 0.0370. The number of ketones is 2. The third-order valence-electron chi connectivity index (χ3n) is 5.65. The highest BCUT2D eigenvalue weighted by Gasteiger charge is 2.30. The summed E-state index contributed by atoms with van der Waals surface area (Å²) >= 11 is 0. The van der Waals surface area contributed by atoms with E-state index in [4.69, 9.17) is 9.84 Å². The molecule has 0 unspecified atom stereocenters. The average molecular weight is 552 g/mol. The van der Waals surface area contributed by atoms with Gasteiger partial charge >= 0.3 is 0 Å². The van der Waals surface area contributed by atoms with Crippen molar-refractivity contribution in [2.75, 3.05) is 0 Å². The number of carbonyl (C=O) groups excluding carboxylic acids is 2. The van der Waals surface area contributed by atoms with E-state index in [0.717, 1.165) is 43.3 Å². The minimum Gasteiger partial charge on any atom is -0.503 e. The van der Waals surface area contributed by atoms with Crippen LogP contribution in [0.15, 0.2) is 48.5 Å². The summed E-state index contributed by atoms with van der Waals surface area (Å²) < 4.78 is 117. The molecule has 0 aliphatic carbocycles. The summed E-state index contributed by atoms with van der Waals surface area (Å²) in [6, 6.07) is 8.81. The number of phenols is 1. The van der Waals surface area contributed by atoms with Crippen molar-refractivity contribution >= 4 is 11.6 Å². The lowest BCUT2D eigenvalue weighted by Crippen LogP contribution is -2.13. The number of benzene rings is 4. The molecule has 0 aliphatic rings. The zero-order valence-electron chi connectivity index (χ0n) is 19.3. The highest BCUT2D eigenvalue weighted by molar-refractivity contribution is 6.10. The number of hydrogen-bond donors (Lipinski definition) is 1. The van der Waals surface area contributed by atoms with Crippen LogP contribution < -0.4 is 4.74 Å². The number of halogens is 8. The summed E-state index contributed by atoms with van der Waals surface area (Å²) in [5.41, 5.74) is -4.62. The first-order valence-corrected chi connectivity index (χ1v) is 10.7. The molecule has 4 aromatic carbocycles. The topological polar surface area (TPSA) is 63.6 Å². The van der Waals surface area contributed by atoms with Gasteiger partial charge in [-0.25, -0.2) is 26.3 Å². The number of aromatic hydroxyl groups is 1. The van der Waals surface area contributed by atoms with E-state index in [2.05, 4.69) is 0 Å². The standard InChI is InChI=1S/C27H12F8O4/c1-10-17(28)19(30)15(20(31)18(10)29)25(36)11-2-6-13(7-3-11)39-14-8-4-12(5-9-14)26(37)16-21(32)23(34)27(38)24(35)22(16)33/h2-9,38H,1H3. The lowest BCUT2D eigenvalue weighted by atomic mass is 10.00. The Morgan fingerprint density at radius 1 is 0.538 bits per heavy atom. The molecule has 200 valence electrons. The van der Waals surface area contributed by atoms with Crippen molar-refractivity contribution in [1.82, 2.24) is 0 Å². The summed E-state index contributed by atoms with van der Waals surface area (Å²) in [6.07, 6.45) is 0. The number of rotatable bonds is 6. The predicted octanol–water partition coefficient (Wildman–Crippen LogP) is 7.07. The Morgan fingerprint density at radius 3 is 1.18 bits per heavy atom. The Morgan fingerprint density at radius 2 is 0.846 bits per heavy atom. The summed E-state index contributed by atoms with van der Waals surface area (Å²) in [5.74, 6) is -20.1. The van der Waals surface area contributed by atoms with E-state index in [1.807, 2.05) is 0 Å². The van der Waals surface area contributed by atoms with Gasteiger partial charge in [0.05, 0.1) is 0 Å². The molecule has 1 N–H and O–H groups in total. The van der Waals surface area contributed by atoms with Gasteiger partial charge in [0.25, 0.3) is 0 Å². The van der Waals surface area contributed by atoms with E-state index in [1.165, 1.54) is 12.1 Å². The first-order valence-electron chi connectivity index (χ1n) is 10.7. The third-order valence-corrected chi connectivity index (χ3v) is 5.65.